The topological polar surface area (TPSA) is 38.1 Å². The third kappa shape index (κ3) is 3.13. The number of anilines is 2. The van der Waals surface area contributed by atoms with Crippen LogP contribution in [0.15, 0.2) is 54.7 Å². The lowest BCUT2D eigenvalue weighted by Crippen LogP contribution is -2.16. The maximum absolute atomic E-state index is 14.2. The molecule has 0 spiro atoms. The van der Waals surface area contributed by atoms with Gasteiger partial charge in [-0.25, -0.2) is 13.2 Å². The first-order valence-corrected chi connectivity index (χ1v) is 7.43. The van der Waals surface area contributed by atoms with E-state index >= 15 is 0 Å². The third-order valence-electron chi connectivity index (χ3n) is 3.74. The average molecular weight is 345 g/mol. The molecule has 0 radical (unpaired) electrons. The van der Waals surface area contributed by atoms with E-state index in [4.69, 9.17) is 0 Å². The van der Waals surface area contributed by atoms with E-state index in [2.05, 4.69) is 5.10 Å². The number of amides is 1. The Morgan fingerprint density at radius 2 is 1.68 bits per heavy atom. The SMILES string of the molecule is Cn1cc(N(C=O)c2ccccc2-c2ccccc2F)c(C(F)F)n1. The lowest BCUT2D eigenvalue weighted by Gasteiger charge is -2.21. The minimum atomic E-state index is -2.85. The molecule has 0 bridgehead atoms. The van der Waals surface area contributed by atoms with Gasteiger partial charge in [-0.3, -0.25) is 14.4 Å². The molecule has 0 atom stereocenters. The normalized spacial score (nSPS) is 10.9. The predicted octanol–water partition coefficient (Wildman–Crippen LogP) is 4.46. The smallest absolute Gasteiger partial charge is 0.279 e. The van der Waals surface area contributed by atoms with Crippen molar-refractivity contribution in [2.45, 2.75) is 6.43 Å². The maximum Gasteiger partial charge on any atom is 0.284 e. The number of hydrogen-bond acceptors (Lipinski definition) is 2. The number of alkyl halides is 2. The summed E-state index contributed by atoms with van der Waals surface area (Å²) in [6, 6.07) is 12.6. The molecule has 3 aromatic rings. The Balaban J connectivity index is 2.19. The van der Waals surface area contributed by atoms with Crippen molar-refractivity contribution in [3.05, 3.63) is 66.2 Å². The fourth-order valence-corrected chi connectivity index (χ4v) is 2.67. The zero-order valence-electron chi connectivity index (χ0n) is 13.2. The number of hydrogen-bond donors (Lipinski definition) is 0. The van der Waals surface area contributed by atoms with E-state index in [9.17, 15) is 18.0 Å². The van der Waals surface area contributed by atoms with Crippen LogP contribution >= 0.6 is 0 Å². The molecule has 1 amide bonds. The molecule has 1 heterocycles. The fraction of sp³-hybridized carbons (Fsp3) is 0.111. The van der Waals surface area contributed by atoms with Crippen LogP contribution in [0.1, 0.15) is 12.1 Å². The summed E-state index contributed by atoms with van der Waals surface area (Å²) in [6.07, 6.45) is -1.10. The lowest BCUT2D eigenvalue weighted by atomic mass is 10.0. The lowest BCUT2D eigenvalue weighted by molar-refractivity contribution is -0.106. The molecule has 3 rings (SSSR count). The van der Waals surface area contributed by atoms with Gasteiger partial charge in [-0.1, -0.05) is 36.4 Å². The highest BCUT2D eigenvalue weighted by molar-refractivity contribution is 5.94. The number of rotatable bonds is 5. The van der Waals surface area contributed by atoms with E-state index in [1.54, 1.807) is 42.5 Å². The Hall–Kier alpha value is -3.09. The van der Waals surface area contributed by atoms with Crippen LogP contribution in [0.5, 0.6) is 0 Å². The van der Waals surface area contributed by atoms with Crippen LogP contribution in [0.25, 0.3) is 11.1 Å². The third-order valence-corrected chi connectivity index (χ3v) is 3.74. The molecule has 0 aliphatic rings. The van der Waals surface area contributed by atoms with E-state index in [0.29, 0.717) is 12.0 Å². The van der Waals surface area contributed by atoms with Gasteiger partial charge in [-0.05, 0) is 12.1 Å². The van der Waals surface area contributed by atoms with Crippen LogP contribution in [0, 0.1) is 5.82 Å². The van der Waals surface area contributed by atoms with E-state index in [1.807, 2.05) is 0 Å². The summed E-state index contributed by atoms with van der Waals surface area (Å²) in [5.41, 5.74) is 0.413. The molecule has 1 aromatic heterocycles. The molecule has 0 unspecified atom stereocenters. The molecular weight excluding hydrogens is 331 g/mol. The first kappa shape index (κ1) is 16.8. The van der Waals surface area contributed by atoms with Gasteiger partial charge in [0.05, 0.1) is 11.4 Å². The number of carbonyl (C=O) groups is 1. The number of carbonyl (C=O) groups excluding carboxylic acids is 1. The summed E-state index contributed by atoms with van der Waals surface area (Å²) in [5.74, 6) is -0.471. The van der Waals surface area contributed by atoms with Gasteiger partial charge in [0.2, 0.25) is 6.41 Å². The standard InChI is InChI=1S/C18H14F3N3O/c1-23-10-16(17(22-23)18(20)21)24(11-25)15-9-5-3-7-13(15)12-6-2-4-8-14(12)19/h2-11,18H,1H3. The highest BCUT2D eigenvalue weighted by Crippen LogP contribution is 2.38. The maximum atomic E-state index is 14.2. The van der Waals surface area contributed by atoms with Crippen LogP contribution in [0.4, 0.5) is 24.5 Å². The highest BCUT2D eigenvalue weighted by Gasteiger charge is 2.25. The minimum absolute atomic E-state index is 0.0451. The second-order valence-corrected chi connectivity index (χ2v) is 5.35. The van der Waals surface area contributed by atoms with Gasteiger partial charge in [0.1, 0.15) is 5.82 Å². The number of aryl methyl sites for hydroxylation is 1. The van der Waals surface area contributed by atoms with Gasteiger partial charge < -0.3 is 0 Å². The van der Waals surface area contributed by atoms with Crippen molar-refractivity contribution in [2.24, 2.45) is 7.05 Å². The molecule has 25 heavy (non-hydrogen) atoms. The Morgan fingerprint density at radius 3 is 2.32 bits per heavy atom. The number of halogens is 3. The van der Waals surface area contributed by atoms with Crippen LogP contribution in [-0.2, 0) is 11.8 Å². The average Bonchev–Trinajstić information content (AvgIpc) is 2.99. The summed E-state index contributed by atoms with van der Waals surface area (Å²) in [5, 5.41) is 3.72. The second kappa shape index (κ2) is 6.80. The molecule has 0 saturated heterocycles. The van der Waals surface area contributed by atoms with Crippen molar-refractivity contribution in [1.29, 1.82) is 0 Å². The zero-order chi connectivity index (χ0) is 18.0. The molecule has 128 valence electrons. The van der Waals surface area contributed by atoms with E-state index < -0.39 is 17.9 Å². The fourth-order valence-electron chi connectivity index (χ4n) is 2.67. The monoisotopic (exact) mass is 345 g/mol. The van der Waals surface area contributed by atoms with Gasteiger partial charge in [0.15, 0.2) is 5.69 Å². The molecular formula is C18H14F3N3O. The van der Waals surface area contributed by atoms with Gasteiger partial charge in [0.25, 0.3) is 6.43 Å². The number of benzene rings is 2. The summed E-state index contributed by atoms with van der Waals surface area (Å²) in [7, 11) is 1.49. The Bertz CT molecular complexity index is 908. The van der Waals surface area contributed by atoms with Gasteiger partial charge in [-0.15, -0.1) is 0 Å². The first-order chi connectivity index (χ1) is 12.0. The summed E-state index contributed by atoms with van der Waals surface area (Å²) >= 11 is 0. The largest absolute Gasteiger partial charge is 0.284 e. The van der Waals surface area contributed by atoms with Crippen molar-refractivity contribution < 1.29 is 18.0 Å². The number of para-hydroxylation sites is 1. The predicted molar refractivity (Wildman–Crippen MR) is 88.2 cm³/mol. The van der Waals surface area contributed by atoms with Gasteiger partial charge >= 0.3 is 0 Å². The zero-order valence-corrected chi connectivity index (χ0v) is 13.2. The molecule has 7 heteroatoms. The second-order valence-electron chi connectivity index (χ2n) is 5.35. The van der Waals surface area contributed by atoms with Gasteiger partial charge in [-0.2, -0.15) is 5.10 Å². The molecule has 2 aromatic carbocycles. The van der Waals surface area contributed by atoms with E-state index in [1.165, 1.54) is 24.0 Å². The molecule has 0 N–H and O–H groups in total. The van der Waals surface area contributed by atoms with E-state index in [0.717, 1.165) is 4.90 Å². The quantitative estimate of drug-likeness (QED) is 0.641. The van der Waals surface area contributed by atoms with E-state index in [-0.39, 0.29) is 16.9 Å². The summed E-state index contributed by atoms with van der Waals surface area (Å²) in [6.45, 7) is 0. The van der Waals surface area contributed by atoms with Crippen LogP contribution in [0.2, 0.25) is 0 Å². The van der Waals surface area contributed by atoms with Crippen molar-refractivity contribution in [2.75, 3.05) is 4.90 Å². The number of aromatic nitrogens is 2. The summed E-state index contributed by atoms with van der Waals surface area (Å²) < 4.78 is 41.9. The molecule has 0 saturated carbocycles. The molecule has 0 aliphatic heterocycles. The Morgan fingerprint density at radius 1 is 1.04 bits per heavy atom. The Labute approximate surface area is 142 Å². The summed E-state index contributed by atoms with van der Waals surface area (Å²) in [4.78, 5) is 12.8. The minimum Gasteiger partial charge on any atom is -0.279 e. The number of nitrogens with zero attached hydrogens (tertiary/aromatic N) is 3. The van der Waals surface area contributed by atoms with Crippen LogP contribution in [-0.4, -0.2) is 16.2 Å². The molecule has 0 aliphatic carbocycles. The van der Waals surface area contributed by atoms with Crippen molar-refractivity contribution in [3.8, 4) is 11.1 Å². The molecule has 4 nitrogen and oxygen atoms in total. The first-order valence-electron chi connectivity index (χ1n) is 7.43. The van der Waals surface area contributed by atoms with Gasteiger partial charge in [0, 0.05) is 24.4 Å². The Kier molecular flexibility index (Phi) is 4.56. The van der Waals surface area contributed by atoms with Crippen LogP contribution in [0.3, 0.4) is 0 Å². The highest BCUT2D eigenvalue weighted by atomic mass is 19.3. The molecule has 0 fully saturated rings. The van der Waals surface area contributed by atoms with Crippen molar-refractivity contribution in [1.82, 2.24) is 9.78 Å². The van der Waals surface area contributed by atoms with Crippen LogP contribution < -0.4 is 4.90 Å². The van der Waals surface area contributed by atoms with Crippen molar-refractivity contribution in [3.63, 3.8) is 0 Å². The van der Waals surface area contributed by atoms with Crippen molar-refractivity contribution >= 4 is 17.8 Å².